The summed E-state index contributed by atoms with van der Waals surface area (Å²) in [7, 11) is 0. The summed E-state index contributed by atoms with van der Waals surface area (Å²) in [5.74, 6) is 0. The minimum atomic E-state index is 0.0945. The average Bonchev–Trinajstić information content (AvgIpc) is 2.89. The molecule has 0 fully saturated rings. The Morgan fingerprint density at radius 1 is 1.18 bits per heavy atom. The molecule has 0 radical (unpaired) electrons. The van der Waals surface area contributed by atoms with Crippen LogP contribution in [0.5, 0.6) is 0 Å². The van der Waals surface area contributed by atoms with Gasteiger partial charge >= 0.3 is 0 Å². The Balaban J connectivity index is 1.67. The van der Waals surface area contributed by atoms with Crippen LogP contribution in [0.3, 0.4) is 0 Å². The summed E-state index contributed by atoms with van der Waals surface area (Å²) in [6.45, 7) is 1.36. The predicted molar refractivity (Wildman–Crippen MR) is 72.0 cm³/mol. The third kappa shape index (κ3) is 3.97. The van der Waals surface area contributed by atoms with Crippen LogP contribution in [0.1, 0.15) is 23.6 Å². The minimum absolute atomic E-state index is 0.0945. The van der Waals surface area contributed by atoms with Crippen LogP contribution in [0.4, 0.5) is 0 Å². The Bertz CT molecular complexity index is 413. The first kappa shape index (κ1) is 12.3. The van der Waals surface area contributed by atoms with Crippen LogP contribution in [0, 0.1) is 0 Å². The van der Waals surface area contributed by atoms with Gasteiger partial charge in [-0.05, 0) is 34.4 Å². The van der Waals surface area contributed by atoms with E-state index in [1.807, 2.05) is 18.2 Å². The first-order valence-electron chi connectivity index (χ1n) is 5.75. The Kier molecular flexibility index (Phi) is 4.74. The molecule has 0 spiro atoms. The maximum absolute atomic E-state index is 6.05. The van der Waals surface area contributed by atoms with Crippen LogP contribution in [-0.2, 0) is 11.3 Å². The molecule has 0 saturated carbocycles. The molecule has 0 aliphatic heterocycles. The second-order valence-electron chi connectivity index (χ2n) is 3.99. The van der Waals surface area contributed by atoms with Crippen molar-refractivity contribution in [1.82, 2.24) is 0 Å². The van der Waals surface area contributed by atoms with E-state index in [4.69, 9.17) is 10.5 Å². The van der Waals surface area contributed by atoms with Crippen LogP contribution in [-0.4, -0.2) is 6.61 Å². The maximum Gasteiger partial charge on any atom is 0.0716 e. The van der Waals surface area contributed by atoms with Gasteiger partial charge in [-0.2, -0.15) is 11.3 Å². The average molecular weight is 247 g/mol. The van der Waals surface area contributed by atoms with Crippen molar-refractivity contribution in [2.24, 2.45) is 5.73 Å². The van der Waals surface area contributed by atoms with Gasteiger partial charge in [-0.1, -0.05) is 30.3 Å². The van der Waals surface area contributed by atoms with Crippen molar-refractivity contribution in [2.75, 3.05) is 6.61 Å². The molecule has 1 atom stereocenters. The second kappa shape index (κ2) is 6.55. The highest BCUT2D eigenvalue weighted by molar-refractivity contribution is 7.07. The highest BCUT2D eigenvalue weighted by Crippen LogP contribution is 2.17. The summed E-state index contributed by atoms with van der Waals surface area (Å²) < 4.78 is 5.61. The van der Waals surface area contributed by atoms with Crippen molar-refractivity contribution in [3.05, 3.63) is 58.3 Å². The van der Waals surface area contributed by atoms with Crippen molar-refractivity contribution >= 4 is 11.3 Å². The largest absolute Gasteiger partial charge is 0.377 e. The topological polar surface area (TPSA) is 35.2 Å². The highest BCUT2D eigenvalue weighted by atomic mass is 32.1. The zero-order valence-electron chi connectivity index (χ0n) is 9.71. The smallest absolute Gasteiger partial charge is 0.0716 e. The Morgan fingerprint density at radius 2 is 2.00 bits per heavy atom. The molecule has 90 valence electrons. The van der Waals surface area contributed by atoms with Gasteiger partial charge in [0.15, 0.2) is 0 Å². The van der Waals surface area contributed by atoms with E-state index in [0.29, 0.717) is 13.2 Å². The summed E-state index contributed by atoms with van der Waals surface area (Å²) in [5.41, 5.74) is 8.46. The van der Waals surface area contributed by atoms with E-state index in [9.17, 15) is 0 Å². The van der Waals surface area contributed by atoms with E-state index in [-0.39, 0.29) is 6.04 Å². The molecule has 3 heteroatoms. The molecule has 2 nitrogen and oxygen atoms in total. The molecular formula is C14H17NOS. The van der Waals surface area contributed by atoms with Gasteiger partial charge in [-0.25, -0.2) is 0 Å². The summed E-state index contributed by atoms with van der Waals surface area (Å²) in [5, 5.41) is 4.15. The maximum atomic E-state index is 6.05. The lowest BCUT2D eigenvalue weighted by Crippen LogP contribution is -2.12. The molecule has 17 heavy (non-hydrogen) atoms. The fourth-order valence-electron chi connectivity index (χ4n) is 1.63. The Labute approximate surface area is 106 Å². The molecule has 0 saturated heterocycles. The fourth-order valence-corrected chi connectivity index (χ4v) is 2.35. The molecule has 1 unspecified atom stereocenters. The van der Waals surface area contributed by atoms with E-state index in [1.54, 1.807) is 11.3 Å². The summed E-state index contributed by atoms with van der Waals surface area (Å²) in [4.78, 5) is 0. The van der Waals surface area contributed by atoms with Gasteiger partial charge in [0.05, 0.1) is 6.61 Å². The number of rotatable bonds is 6. The Morgan fingerprint density at radius 3 is 2.71 bits per heavy atom. The van der Waals surface area contributed by atoms with Crippen molar-refractivity contribution in [3.8, 4) is 0 Å². The number of hydrogen-bond donors (Lipinski definition) is 1. The molecule has 0 amide bonds. The standard InChI is InChI=1S/C14H17NOS/c15-14(13-7-9-17-11-13)6-8-16-10-12-4-2-1-3-5-12/h1-5,7,9,11,14H,6,8,10,15H2. The Hall–Kier alpha value is -1.16. The summed E-state index contributed by atoms with van der Waals surface area (Å²) in [6, 6.07) is 12.4. The monoisotopic (exact) mass is 247 g/mol. The van der Waals surface area contributed by atoms with Gasteiger partial charge in [0.1, 0.15) is 0 Å². The van der Waals surface area contributed by atoms with Crippen molar-refractivity contribution in [3.63, 3.8) is 0 Å². The van der Waals surface area contributed by atoms with E-state index in [0.717, 1.165) is 6.42 Å². The van der Waals surface area contributed by atoms with Crippen molar-refractivity contribution < 1.29 is 4.74 Å². The first-order chi connectivity index (χ1) is 8.36. The van der Waals surface area contributed by atoms with Crippen molar-refractivity contribution in [2.45, 2.75) is 19.1 Å². The van der Waals surface area contributed by atoms with Gasteiger partial charge in [-0.15, -0.1) is 0 Å². The normalized spacial score (nSPS) is 12.5. The van der Waals surface area contributed by atoms with Crippen LogP contribution < -0.4 is 5.73 Å². The lowest BCUT2D eigenvalue weighted by molar-refractivity contribution is 0.114. The lowest BCUT2D eigenvalue weighted by atomic mass is 10.1. The quantitative estimate of drug-likeness (QED) is 0.794. The van der Waals surface area contributed by atoms with E-state index in [2.05, 4.69) is 29.0 Å². The molecule has 2 N–H and O–H groups in total. The van der Waals surface area contributed by atoms with Gasteiger partial charge in [0.2, 0.25) is 0 Å². The molecule has 1 aromatic heterocycles. The summed E-state index contributed by atoms with van der Waals surface area (Å²) in [6.07, 6.45) is 0.865. The number of hydrogen-bond acceptors (Lipinski definition) is 3. The van der Waals surface area contributed by atoms with Gasteiger partial charge in [0.25, 0.3) is 0 Å². The van der Waals surface area contributed by atoms with Crippen LogP contribution in [0.15, 0.2) is 47.2 Å². The van der Waals surface area contributed by atoms with Crippen LogP contribution >= 0.6 is 11.3 Å². The zero-order valence-corrected chi connectivity index (χ0v) is 10.5. The van der Waals surface area contributed by atoms with E-state index >= 15 is 0 Å². The minimum Gasteiger partial charge on any atom is -0.377 e. The third-order valence-electron chi connectivity index (χ3n) is 2.66. The fraction of sp³-hybridized carbons (Fsp3) is 0.286. The number of nitrogens with two attached hydrogens (primary N) is 1. The predicted octanol–water partition coefficient (Wildman–Crippen LogP) is 3.35. The molecule has 0 aliphatic carbocycles. The number of benzene rings is 1. The first-order valence-corrected chi connectivity index (χ1v) is 6.70. The second-order valence-corrected chi connectivity index (χ2v) is 4.77. The van der Waals surface area contributed by atoms with Crippen molar-refractivity contribution in [1.29, 1.82) is 0 Å². The van der Waals surface area contributed by atoms with Gasteiger partial charge in [-0.3, -0.25) is 0 Å². The number of thiophene rings is 1. The molecule has 2 aromatic rings. The molecule has 0 bridgehead atoms. The third-order valence-corrected chi connectivity index (χ3v) is 3.36. The van der Waals surface area contributed by atoms with Crippen LogP contribution in [0.25, 0.3) is 0 Å². The van der Waals surface area contributed by atoms with Crippen LogP contribution in [0.2, 0.25) is 0 Å². The van der Waals surface area contributed by atoms with Gasteiger partial charge in [0, 0.05) is 12.6 Å². The highest BCUT2D eigenvalue weighted by Gasteiger charge is 2.05. The molecule has 0 aliphatic rings. The molecule has 2 rings (SSSR count). The SMILES string of the molecule is NC(CCOCc1ccccc1)c1ccsc1. The molecular weight excluding hydrogens is 230 g/mol. The zero-order chi connectivity index (χ0) is 11.9. The number of ether oxygens (including phenoxy) is 1. The lowest BCUT2D eigenvalue weighted by Gasteiger charge is -2.10. The van der Waals surface area contributed by atoms with E-state index < -0.39 is 0 Å². The summed E-state index contributed by atoms with van der Waals surface area (Å²) >= 11 is 1.68. The van der Waals surface area contributed by atoms with Gasteiger partial charge < -0.3 is 10.5 Å². The molecule has 1 aromatic carbocycles. The van der Waals surface area contributed by atoms with E-state index in [1.165, 1.54) is 11.1 Å². The molecule has 1 heterocycles.